The molecule has 1 aliphatic heterocycles. The first-order valence-corrected chi connectivity index (χ1v) is 9.11. The molecule has 1 aliphatic rings. The third kappa shape index (κ3) is 4.90. The van der Waals surface area contributed by atoms with Gasteiger partial charge in [0.1, 0.15) is 0 Å². The summed E-state index contributed by atoms with van der Waals surface area (Å²) in [6, 6.07) is 8.25. The van der Waals surface area contributed by atoms with Crippen LogP contribution >= 0.6 is 11.8 Å². The average Bonchev–Trinajstić information content (AvgIpc) is 2.59. The van der Waals surface area contributed by atoms with Crippen molar-refractivity contribution in [3.05, 3.63) is 68.9 Å². The third-order valence-corrected chi connectivity index (χ3v) is 4.45. The summed E-state index contributed by atoms with van der Waals surface area (Å²) in [5, 5.41) is 2.23. The Morgan fingerprint density at radius 1 is 1.09 bits per heavy atom. The highest BCUT2D eigenvalue weighted by molar-refractivity contribution is 8.07. The molecule has 0 fully saturated rings. The number of benzene rings is 1. The fourth-order valence-corrected chi connectivity index (χ4v) is 3.44. The van der Waals surface area contributed by atoms with Gasteiger partial charge in [-0.2, -0.15) is 0 Å². The van der Waals surface area contributed by atoms with Crippen molar-refractivity contribution in [2.45, 2.75) is 41.5 Å². The summed E-state index contributed by atoms with van der Waals surface area (Å²) < 4.78 is 0. The Balaban J connectivity index is 0.00000112. The second kappa shape index (κ2) is 11.0. The third-order valence-electron chi connectivity index (χ3n) is 3.28. The second-order valence-corrected chi connectivity index (χ2v) is 5.72. The molecule has 0 radical (unpaired) electrons. The predicted octanol–water partition coefficient (Wildman–Crippen LogP) is 5.26. The van der Waals surface area contributed by atoms with Crippen LogP contribution in [0.2, 0.25) is 0 Å². The van der Waals surface area contributed by atoms with Gasteiger partial charge in [-0.15, -0.1) is 0 Å². The molecule has 0 saturated carbocycles. The number of allylic oxidation sites excluding steroid dienone is 3. The molecule has 1 aromatic carbocycles. The quantitative estimate of drug-likeness (QED) is 0.691. The molecule has 0 spiro atoms. The number of likely N-dealkylation sites (N-methyl/N-ethyl adjacent to an activating group) is 1. The van der Waals surface area contributed by atoms with Crippen LogP contribution in [0.4, 0.5) is 0 Å². The zero-order valence-corrected chi connectivity index (χ0v) is 16.6. The Hall–Kier alpha value is -1.67. The van der Waals surface area contributed by atoms with Gasteiger partial charge >= 0.3 is 0 Å². The summed E-state index contributed by atoms with van der Waals surface area (Å²) >= 11 is 1.80. The zero-order valence-electron chi connectivity index (χ0n) is 15.7. The molecule has 1 heterocycles. The van der Waals surface area contributed by atoms with Crippen molar-refractivity contribution in [1.29, 1.82) is 0 Å². The van der Waals surface area contributed by atoms with Crippen molar-refractivity contribution in [3.8, 4) is 0 Å². The van der Waals surface area contributed by atoms with Crippen LogP contribution < -0.4 is 10.4 Å². The molecule has 126 valence electrons. The molecule has 0 saturated heterocycles. The molecule has 0 aliphatic carbocycles. The van der Waals surface area contributed by atoms with E-state index in [2.05, 4.69) is 57.2 Å². The standard InChI is InChI=1S/C17H19NS.2C2H6/c1-6-15-13(4)19-16(7-2)17(18(15)5)14-11-9-8-10-12(14)3;2*1-2/h6-11H,1,3H2,2,4-5H3;2*1-2H3/b16-7+,17-14+;;. The minimum absolute atomic E-state index is 1.05. The normalized spacial score (nSPS) is 17.9. The Labute approximate surface area is 146 Å². The minimum Gasteiger partial charge on any atom is -0.343 e. The first kappa shape index (κ1) is 21.3. The molecule has 2 heteroatoms. The molecule has 1 aromatic rings. The largest absolute Gasteiger partial charge is 0.343 e. The number of rotatable bonds is 1. The summed E-state index contributed by atoms with van der Waals surface area (Å²) in [4.78, 5) is 4.75. The van der Waals surface area contributed by atoms with E-state index in [1.807, 2.05) is 45.9 Å². The lowest BCUT2D eigenvalue weighted by Crippen LogP contribution is -2.33. The van der Waals surface area contributed by atoms with Gasteiger partial charge in [-0.3, -0.25) is 0 Å². The monoisotopic (exact) mass is 329 g/mol. The Morgan fingerprint density at radius 3 is 2.13 bits per heavy atom. The molecule has 0 bridgehead atoms. The van der Waals surface area contributed by atoms with E-state index >= 15 is 0 Å². The SMILES string of the molecule is C=CC1=C(C)SC(=C/C)/C(=c2/ccccc2=C)N1C.CC.CC. The van der Waals surface area contributed by atoms with Gasteiger partial charge in [0.2, 0.25) is 0 Å². The molecule has 0 amide bonds. The van der Waals surface area contributed by atoms with Crippen LogP contribution in [-0.4, -0.2) is 11.9 Å². The molecular formula is C21H31NS. The van der Waals surface area contributed by atoms with E-state index in [1.54, 1.807) is 11.8 Å². The molecule has 23 heavy (non-hydrogen) atoms. The molecule has 0 atom stereocenters. The summed E-state index contributed by atoms with van der Waals surface area (Å²) in [5.41, 5.74) is 2.37. The number of hydrogen-bond acceptors (Lipinski definition) is 2. The fourth-order valence-electron chi connectivity index (χ4n) is 2.33. The Bertz CT molecular complexity index is 680. The smallest absolute Gasteiger partial charge is 0.0626 e. The van der Waals surface area contributed by atoms with Crippen LogP contribution in [0.15, 0.2) is 58.5 Å². The van der Waals surface area contributed by atoms with E-state index in [0.29, 0.717) is 0 Å². The fraction of sp³-hybridized carbons (Fsp3) is 0.333. The van der Waals surface area contributed by atoms with Gasteiger partial charge < -0.3 is 4.90 Å². The number of hydrogen-bond donors (Lipinski definition) is 0. The molecular weight excluding hydrogens is 298 g/mol. The van der Waals surface area contributed by atoms with E-state index in [9.17, 15) is 0 Å². The lowest BCUT2D eigenvalue weighted by Gasteiger charge is -2.32. The Kier molecular flexibility index (Phi) is 10.2. The van der Waals surface area contributed by atoms with Crippen LogP contribution in [0.5, 0.6) is 0 Å². The van der Waals surface area contributed by atoms with Crippen molar-refractivity contribution in [3.63, 3.8) is 0 Å². The van der Waals surface area contributed by atoms with Crippen LogP contribution in [0, 0.1) is 0 Å². The van der Waals surface area contributed by atoms with Gasteiger partial charge in [0.15, 0.2) is 0 Å². The van der Waals surface area contributed by atoms with Gasteiger partial charge in [-0.1, -0.05) is 83.0 Å². The first-order chi connectivity index (χ1) is 11.1. The molecule has 0 N–H and O–H groups in total. The topological polar surface area (TPSA) is 3.24 Å². The second-order valence-electron chi connectivity index (χ2n) is 4.47. The van der Waals surface area contributed by atoms with E-state index in [1.165, 1.54) is 20.7 Å². The van der Waals surface area contributed by atoms with E-state index in [-0.39, 0.29) is 0 Å². The lowest BCUT2D eigenvalue weighted by atomic mass is 10.1. The van der Waals surface area contributed by atoms with Crippen molar-refractivity contribution >= 4 is 24.0 Å². The van der Waals surface area contributed by atoms with Gasteiger partial charge in [0.05, 0.1) is 5.70 Å². The minimum atomic E-state index is 1.05. The van der Waals surface area contributed by atoms with E-state index < -0.39 is 0 Å². The average molecular weight is 330 g/mol. The maximum atomic E-state index is 4.14. The highest BCUT2D eigenvalue weighted by atomic mass is 32.2. The Morgan fingerprint density at radius 2 is 1.65 bits per heavy atom. The maximum absolute atomic E-state index is 4.14. The van der Waals surface area contributed by atoms with Crippen LogP contribution in [0.1, 0.15) is 41.5 Å². The van der Waals surface area contributed by atoms with E-state index in [0.717, 1.165) is 10.9 Å². The van der Waals surface area contributed by atoms with Crippen LogP contribution in [0.25, 0.3) is 12.3 Å². The van der Waals surface area contributed by atoms with Gasteiger partial charge in [-0.25, -0.2) is 0 Å². The lowest BCUT2D eigenvalue weighted by molar-refractivity contribution is 0.608. The summed E-state index contributed by atoms with van der Waals surface area (Å²) in [5.74, 6) is 0. The highest BCUT2D eigenvalue weighted by Gasteiger charge is 2.22. The van der Waals surface area contributed by atoms with Crippen LogP contribution in [0.3, 0.4) is 0 Å². The van der Waals surface area contributed by atoms with Crippen LogP contribution in [-0.2, 0) is 0 Å². The molecule has 0 unspecified atom stereocenters. The highest BCUT2D eigenvalue weighted by Crippen LogP contribution is 2.41. The van der Waals surface area contributed by atoms with Crippen molar-refractivity contribution in [2.24, 2.45) is 0 Å². The van der Waals surface area contributed by atoms with Gasteiger partial charge in [0.25, 0.3) is 0 Å². The van der Waals surface area contributed by atoms with Crippen molar-refractivity contribution in [1.82, 2.24) is 4.90 Å². The van der Waals surface area contributed by atoms with Gasteiger partial charge in [-0.05, 0) is 25.1 Å². The predicted molar refractivity (Wildman–Crippen MR) is 109 cm³/mol. The summed E-state index contributed by atoms with van der Waals surface area (Å²) in [6.07, 6.45) is 4.08. The van der Waals surface area contributed by atoms with E-state index in [4.69, 9.17) is 0 Å². The molecule has 0 aromatic heterocycles. The zero-order chi connectivity index (χ0) is 18.0. The molecule has 1 nitrogen and oxygen atoms in total. The van der Waals surface area contributed by atoms with Gasteiger partial charge in [0, 0.05) is 27.8 Å². The molecule has 2 rings (SSSR count). The maximum Gasteiger partial charge on any atom is 0.0626 e. The van der Waals surface area contributed by atoms with Crippen molar-refractivity contribution in [2.75, 3.05) is 7.05 Å². The summed E-state index contributed by atoms with van der Waals surface area (Å²) in [7, 11) is 2.09. The summed E-state index contributed by atoms with van der Waals surface area (Å²) in [6.45, 7) is 20.3. The number of thioether (sulfide) groups is 1. The number of nitrogens with zero attached hydrogens (tertiary/aromatic N) is 1. The first-order valence-electron chi connectivity index (χ1n) is 8.30. The van der Waals surface area contributed by atoms with Crippen molar-refractivity contribution < 1.29 is 0 Å².